The van der Waals surface area contributed by atoms with Crippen LogP contribution in [-0.2, 0) is 13.5 Å². The number of rotatable bonds is 4. The Bertz CT molecular complexity index is 532. The highest BCUT2D eigenvalue weighted by molar-refractivity contribution is 5.15. The summed E-state index contributed by atoms with van der Waals surface area (Å²) in [7, 11) is 2.05. The molecule has 0 radical (unpaired) electrons. The van der Waals surface area contributed by atoms with E-state index in [1.807, 2.05) is 10.9 Å². The predicted molar refractivity (Wildman–Crippen MR) is 81.8 cm³/mol. The van der Waals surface area contributed by atoms with Gasteiger partial charge in [-0.25, -0.2) is 0 Å². The Morgan fingerprint density at radius 2 is 2.05 bits per heavy atom. The molecule has 0 spiro atoms. The van der Waals surface area contributed by atoms with Gasteiger partial charge < -0.3 is 4.90 Å². The van der Waals surface area contributed by atoms with E-state index in [0.717, 1.165) is 6.42 Å². The first-order valence-corrected chi connectivity index (χ1v) is 7.57. The van der Waals surface area contributed by atoms with Crippen LogP contribution in [0.25, 0.3) is 0 Å². The Labute approximate surface area is 121 Å². The summed E-state index contributed by atoms with van der Waals surface area (Å²) in [6.45, 7) is 3.58. The van der Waals surface area contributed by atoms with E-state index in [1.165, 1.54) is 43.7 Å². The van der Waals surface area contributed by atoms with Crippen molar-refractivity contribution in [1.82, 2.24) is 14.7 Å². The second-order valence-corrected chi connectivity index (χ2v) is 5.76. The molecule has 3 heteroatoms. The summed E-state index contributed by atoms with van der Waals surface area (Å²) < 4.78 is 2.03. The fourth-order valence-corrected chi connectivity index (χ4v) is 3.22. The normalized spacial score (nSPS) is 20.1. The maximum atomic E-state index is 4.31. The minimum absolute atomic E-state index is 0.645. The molecule has 0 N–H and O–H groups in total. The van der Waals surface area contributed by atoms with Crippen LogP contribution in [0, 0.1) is 0 Å². The molecule has 20 heavy (non-hydrogen) atoms. The zero-order chi connectivity index (χ0) is 13.8. The van der Waals surface area contributed by atoms with Gasteiger partial charge in [0.2, 0.25) is 0 Å². The number of benzene rings is 1. The highest BCUT2D eigenvalue weighted by Gasteiger charge is 2.22. The number of aryl methyl sites for hydroxylation is 1. The van der Waals surface area contributed by atoms with Gasteiger partial charge in [-0.15, -0.1) is 0 Å². The monoisotopic (exact) mass is 269 g/mol. The van der Waals surface area contributed by atoms with Crippen molar-refractivity contribution in [2.45, 2.75) is 25.2 Å². The van der Waals surface area contributed by atoms with Crippen LogP contribution in [0.15, 0.2) is 42.6 Å². The average molecular weight is 269 g/mol. The second kappa shape index (κ2) is 6.23. The Morgan fingerprint density at radius 1 is 1.20 bits per heavy atom. The first-order chi connectivity index (χ1) is 9.83. The molecule has 1 atom stereocenters. The van der Waals surface area contributed by atoms with E-state index in [2.05, 4.69) is 53.4 Å². The lowest BCUT2D eigenvalue weighted by atomic mass is 9.94. The van der Waals surface area contributed by atoms with Crippen LogP contribution in [-0.4, -0.2) is 34.3 Å². The quantitative estimate of drug-likeness (QED) is 0.851. The molecular formula is C17H23N3. The Kier molecular flexibility index (Phi) is 4.16. The predicted octanol–water partition coefficient (Wildman–Crippen LogP) is 2.84. The summed E-state index contributed by atoms with van der Waals surface area (Å²) in [6.07, 6.45) is 5.66. The maximum absolute atomic E-state index is 4.31. The Balaban J connectivity index is 1.57. The van der Waals surface area contributed by atoms with Gasteiger partial charge in [0.15, 0.2) is 0 Å². The lowest BCUT2D eigenvalue weighted by Gasteiger charge is -2.32. The average Bonchev–Trinajstić information content (AvgIpc) is 2.93. The van der Waals surface area contributed by atoms with Crippen molar-refractivity contribution in [3.8, 4) is 0 Å². The van der Waals surface area contributed by atoms with Gasteiger partial charge >= 0.3 is 0 Å². The van der Waals surface area contributed by atoms with Crippen LogP contribution < -0.4 is 0 Å². The Hall–Kier alpha value is -1.61. The highest BCUT2D eigenvalue weighted by atomic mass is 15.3. The number of aromatic nitrogens is 2. The molecule has 0 aliphatic carbocycles. The molecule has 1 aromatic heterocycles. The first-order valence-electron chi connectivity index (χ1n) is 7.57. The van der Waals surface area contributed by atoms with E-state index in [4.69, 9.17) is 0 Å². The molecular weight excluding hydrogens is 246 g/mol. The number of hydrogen-bond donors (Lipinski definition) is 0. The third-order valence-corrected chi connectivity index (χ3v) is 4.34. The minimum Gasteiger partial charge on any atom is -0.302 e. The van der Waals surface area contributed by atoms with E-state index < -0.39 is 0 Å². The number of hydrogen-bond acceptors (Lipinski definition) is 2. The summed E-state index contributed by atoms with van der Waals surface area (Å²) in [5.74, 6) is 0.645. The minimum atomic E-state index is 0.645. The van der Waals surface area contributed by atoms with Crippen LogP contribution in [0.4, 0.5) is 0 Å². The smallest absolute Gasteiger partial charge is 0.0492 e. The first kappa shape index (κ1) is 13.4. The van der Waals surface area contributed by atoms with E-state index >= 15 is 0 Å². The van der Waals surface area contributed by atoms with Crippen molar-refractivity contribution >= 4 is 0 Å². The van der Waals surface area contributed by atoms with Gasteiger partial charge in [0.1, 0.15) is 0 Å². The van der Waals surface area contributed by atoms with Crippen molar-refractivity contribution < 1.29 is 0 Å². The zero-order valence-electron chi connectivity index (χ0n) is 12.2. The van der Waals surface area contributed by atoms with Crippen molar-refractivity contribution in [3.05, 3.63) is 53.9 Å². The SMILES string of the molecule is Cn1nccc1[C@H]1CCCN(CCc2ccccc2)C1. The molecule has 1 aromatic carbocycles. The molecule has 1 fully saturated rings. The standard InChI is InChI=1S/C17H23N3/c1-19-17(9-11-18-19)16-8-5-12-20(14-16)13-10-15-6-3-2-4-7-15/h2-4,6-7,9,11,16H,5,8,10,12-14H2,1H3/t16-/m0/s1. The largest absolute Gasteiger partial charge is 0.302 e. The fraction of sp³-hybridized carbons (Fsp3) is 0.471. The summed E-state index contributed by atoms with van der Waals surface area (Å²) in [4.78, 5) is 2.61. The molecule has 0 unspecified atom stereocenters. The van der Waals surface area contributed by atoms with E-state index in [9.17, 15) is 0 Å². The van der Waals surface area contributed by atoms with Crippen LogP contribution in [0.1, 0.15) is 30.0 Å². The lowest BCUT2D eigenvalue weighted by Crippen LogP contribution is -2.36. The molecule has 1 saturated heterocycles. The van der Waals surface area contributed by atoms with Gasteiger partial charge in [-0.05, 0) is 37.4 Å². The molecule has 2 aromatic rings. The molecule has 1 aliphatic rings. The Morgan fingerprint density at radius 3 is 2.80 bits per heavy atom. The summed E-state index contributed by atoms with van der Waals surface area (Å²) in [6, 6.07) is 13.0. The maximum Gasteiger partial charge on any atom is 0.0492 e. The topological polar surface area (TPSA) is 21.1 Å². The van der Waals surface area contributed by atoms with Crippen LogP contribution in [0.2, 0.25) is 0 Å². The number of nitrogens with zero attached hydrogens (tertiary/aromatic N) is 3. The molecule has 0 amide bonds. The second-order valence-electron chi connectivity index (χ2n) is 5.76. The van der Waals surface area contributed by atoms with Crippen LogP contribution >= 0.6 is 0 Å². The summed E-state index contributed by atoms with van der Waals surface area (Å²) in [5, 5.41) is 4.31. The van der Waals surface area contributed by atoms with Crippen molar-refractivity contribution in [2.24, 2.45) is 7.05 Å². The van der Waals surface area contributed by atoms with E-state index in [1.54, 1.807) is 0 Å². The summed E-state index contributed by atoms with van der Waals surface area (Å²) in [5.41, 5.74) is 2.82. The van der Waals surface area contributed by atoms with E-state index in [0.29, 0.717) is 5.92 Å². The molecule has 2 heterocycles. The van der Waals surface area contributed by atoms with Crippen LogP contribution in [0.5, 0.6) is 0 Å². The third-order valence-electron chi connectivity index (χ3n) is 4.34. The van der Waals surface area contributed by atoms with Gasteiger partial charge in [0.05, 0.1) is 0 Å². The fourth-order valence-electron chi connectivity index (χ4n) is 3.22. The van der Waals surface area contributed by atoms with Gasteiger partial charge in [-0.3, -0.25) is 4.68 Å². The van der Waals surface area contributed by atoms with Crippen molar-refractivity contribution in [1.29, 1.82) is 0 Å². The van der Waals surface area contributed by atoms with Gasteiger partial charge in [-0.1, -0.05) is 30.3 Å². The van der Waals surface area contributed by atoms with Crippen LogP contribution in [0.3, 0.4) is 0 Å². The molecule has 106 valence electrons. The molecule has 3 nitrogen and oxygen atoms in total. The zero-order valence-corrected chi connectivity index (χ0v) is 12.2. The van der Waals surface area contributed by atoms with E-state index in [-0.39, 0.29) is 0 Å². The molecule has 3 rings (SSSR count). The summed E-state index contributed by atoms with van der Waals surface area (Å²) >= 11 is 0. The lowest BCUT2D eigenvalue weighted by molar-refractivity contribution is 0.206. The number of likely N-dealkylation sites (tertiary alicyclic amines) is 1. The molecule has 0 saturated carbocycles. The molecule has 1 aliphatic heterocycles. The third kappa shape index (κ3) is 3.10. The number of piperidine rings is 1. The molecule has 0 bridgehead atoms. The van der Waals surface area contributed by atoms with Gasteiger partial charge in [0.25, 0.3) is 0 Å². The van der Waals surface area contributed by atoms with Gasteiger partial charge in [-0.2, -0.15) is 5.10 Å². The van der Waals surface area contributed by atoms with Gasteiger partial charge in [0, 0.05) is 37.9 Å². The van der Waals surface area contributed by atoms with Crippen molar-refractivity contribution in [2.75, 3.05) is 19.6 Å². The van der Waals surface area contributed by atoms with Crippen molar-refractivity contribution in [3.63, 3.8) is 0 Å². The highest BCUT2D eigenvalue weighted by Crippen LogP contribution is 2.26.